The number of pyridine rings is 1. The van der Waals surface area contributed by atoms with Crippen molar-refractivity contribution in [3.63, 3.8) is 0 Å². The second-order valence-corrected chi connectivity index (χ2v) is 2.48. The highest BCUT2D eigenvalue weighted by Crippen LogP contribution is 2.02. The zero-order chi connectivity index (χ0) is 7.56. The second-order valence-electron chi connectivity index (χ2n) is 2.48. The van der Waals surface area contributed by atoms with Crippen molar-refractivity contribution in [3.05, 3.63) is 29.1 Å². The maximum atomic E-state index is 5.43. The normalized spacial score (nSPS) is 9.90. The monoisotopic (exact) mass is 136 g/mol. The van der Waals surface area contributed by atoms with E-state index in [0.717, 1.165) is 11.4 Å². The zero-order valence-electron chi connectivity index (χ0n) is 6.39. The molecule has 0 aliphatic rings. The van der Waals surface area contributed by atoms with E-state index in [-0.39, 0.29) is 0 Å². The van der Waals surface area contributed by atoms with Crippen molar-refractivity contribution in [2.75, 3.05) is 0 Å². The molecule has 54 valence electrons. The summed E-state index contributed by atoms with van der Waals surface area (Å²) in [4.78, 5) is 4.23. The van der Waals surface area contributed by atoms with E-state index in [0.29, 0.717) is 6.54 Å². The number of nitrogens with zero attached hydrogens (tertiary/aromatic N) is 1. The fraction of sp³-hybridized carbons (Fsp3) is 0.375. The lowest BCUT2D eigenvalue weighted by Crippen LogP contribution is -2.00. The van der Waals surface area contributed by atoms with Gasteiger partial charge >= 0.3 is 0 Å². The Morgan fingerprint density at radius 2 is 2.10 bits per heavy atom. The summed E-state index contributed by atoms with van der Waals surface area (Å²) in [5.41, 5.74) is 8.67. The molecule has 0 amide bonds. The van der Waals surface area contributed by atoms with Crippen LogP contribution in [0.1, 0.15) is 17.0 Å². The minimum atomic E-state index is 0.530. The average molecular weight is 136 g/mol. The second kappa shape index (κ2) is 2.80. The third-order valence-electron chi connectivity index (χ3n) is 1.36. The van der Waals surface area contributed by atoms with Gasteiger partial charge in [-0.1, -0.05) is 0 Å². The highest BCUT2D eigenvalue weighted by Gasteiger charge is 1.92. The summed E-state index contributed by atoms with van der Waals surface area (Å²) in [5, 5.41) is 0. The highest BCUT2D eigenvalue weighted by atomic mass is 14.7. The van der Waals surface area contributed by atoms with Gasteiger partial charge in [0, 0.05) is 12.2 Å². The Morgan fingerprint density at radius 3 is 2.60 bits per heavy atom. The van der Waals surface area contributed by atoms with Gasteiger partial charge in [0.15, 0.2) is 0 Å². The maximum Gasteiger partial charge on any atom is 0.0545 e. The van der Waals surface area contributed by atoms with Gasteiger partial charge in [-0.2, -0.15) is 0 Å². The highest BCUT2D eigenvalue weighted by molar-refractivity contribution is 5.19. The van der Waals surface area contributed by atoms with Crippen LogP contribution in [0, 0.1) is 13.8 Å². The lowest BCUT2D eigenvalue weighted by molar-refractivity contribution is 0.962. The predicted octanol–water partition coefficient (Wildman–Crippen LogP) is 1.16. The number of nitrogens with two attached hydrogens (primary N) is 1. The number of hydrogen-bond donors (Lipinski definition) is 1. The molecule has 0 atom stereocenters. The molecule has 1 aromatic rings. The summed E-state index contributed by atoms with van der Waals surface area (Å²) in [6.07, 6.45) is 0. The minimum absolute atomic E-state index is 0.530. The SMILES string of the molecule is Cc1cc(C)nc(CN)c1. The van der Waals surface area contributed by atoms with Crippen LogP contribution >= 0.6 is 0 Å². The van der Waals surface area contributed by atoms with Gasteiger partial charge in [0.05, 0.1) is 5.69 Å². The van der Waals surface area contributed by atoms with E-state index < -0.39 is 0 Å². The molecular weight excluding hydrogens is 124 g/mol. The zero-order valence-corrected chi connectivity index (χ0v) is 6.39. The van der Waals surface area contributed by atoms with Crippen LogP contribution < -0.4 is 5.73 Å². The predicted molar refractivity (Wildman–Crippen MR) is 41.6 cm³/mol. The van der Waals surface area contributed by atoms with E-state index in [2.05, 4.69) is 4.98 Å². The first kappa shape index (κ1) is 7.22. The smallest absolute Gasteiger partial charge is 0.0545 e. The van der Waals surface area contributed by atoms with Crippen molar-refractivity contribution in [2.45, 2.75) is 20.4 Å². The average Bonchev–Trinajstić information content (AvgIpc) is 1.85. The van der Waals surface area contributed by atoms with Gasteiger partial charge in [0.1, 0.15) is 0 Å². The van der Waals surface area contributed by atoms with Crippen molar-refractivity contribution in [1.29, 1.82) is 0 Å². The maximum absolute atomic E-state index is 5.43. The van der Waals surface area contributed by atoms with Gasteiger partial charge in [-0.25, -0.2) is 0 Å². The fourth-order valence-corrected chi connectivity index (χ4v) is 1.03. The molecule has 2 nitrogen and oxygen atoms in total. The van der Waals surface area contributed by atoms with Crippen LogP contribution in [0.2, 0.25) is 0 Å². The first-order chi connectivity index (χ1) is 4.72. The van der Waals surface area contributed by atoms with Gasteiger partial charge in [0.2, 0.25) is 0 Å². The van der Waals surface area contributed by atoms with Gasteiger partial charge in [-0.3, -0.25) is 4.98 Å². The van der Waals surface area contributed by atoms with Crippen molar-refractivity contribution >= 4 is 0 Å². The van der Waals surface area contributed by atoms with Crippen LogP contribution in [-0.4, -0.2) is 4.98 Å². The third-order valence-corrected chi connectivity index (χ3v) is 1.36. The topological polar surface area (TPSA) is 38.9 Å². The standard InChI is InChI=1S/C8H12N2/c1-6-3-7(2)10-8(4-6)5-9/h3-4H,5,9H2,1-2H3. The Bertz CT molecular complexity index is 210. The van der Waals surface area contributed by atoms with E-state index in [9.17, 15) is 0 Å². The molecule has 10 heavy (non-hydrogen) atoms. The summed E-state index contributed by atoms with van der Waals surface area (Å²) in [6, 6.07) is 4.05. The van der Waals surface area contributed by atoms with Crippen LogP contribution in [0.4, 0.5) is 0 Å². The molecule has 0 aliphatic heterocycles. The van der Waals surface area contributed by atoms with E-state index >= 15 is 0 Å². The van der Waals surface area contributed by atoms with Crippen LogP contribution in [0.25, 0.3) is 0 Å². The summed E-state index contributed by atoms with van der Waals surface area (Å²) < 4.78 is 0. The first-order valence-electron chi connectivity index (χ1n) is 3.36. The van der Waals surface area contributed by atoms with Crippen molar-refractivity contribution < 1.29 is 0 Å². The molecule has 0 bridgehead atoms. The van der Waals surface area contributed by atoms with Gasteiger partial charge < -0.3 is 5.73 Å². The van der Waals surface area contributed by atoms with Crippen LogP contribution in [0.3, 0.4) is 0 Å². The quantitative estimate of drug-likeness (QED) is 0.629. The molecule has 1 heterocycles. The van der Waals surface area contributed by atoms with Gasteiger partial charge in [-0.15, -0.1) is 0 Å². The molecule has 0 aliphatic carbocycles. The number of rotatable bonds is 1. The number of hydrogen-bond acceptors (Lipinski definition) is 2. The largest absolute Gasteiger partial charge is 0.325 e. The van der Waals surface area contributed by atoms with Crippen LogP contribution in [0.15, 0.2) is 12.1 Å². The molecular formula is C8H12N2. The summed E-state index contributed by atoms with van der Waals surface area (Å²) in [6.45, 7) is 4.56. The Balaban J connectivity index is 3.06. The lowest BCUT2D eigenvalue weighted by Gasteiger charge is -1.99. The van der Waals surface area contributed by atoms with E-state index in [1.54, 1.807) is 0 Å². The molecule has 0 fully saturated rings. The molecule has 2 heteroatoms. The molecule has 0 saturated carbocycles. The summed E-state index contributed by atoms with van der Waals surface area (Å²) >= 11 is 0. The van der Waals surface area contributed by atoms with Gasteiger partial charge in [0.25, 0.3) is 0 Å². The fourth-order valence-electron chi connectivity index (χ4n) is 1.03. The van der Waals surface area contributed by atoms with E-state index in [4.69, 9.17) is 5.73 Å². The molecule has 1 aromatic heterocycles. The minimum Gasteiger partial charge on any atom is -0.325 e. The molecule has 0 spiro atoms. The number of aryl methyl sites for hydroxylation is 2. The van der Waals surface area contributed by atoms with Crippen molar-refractivity contribution in [2.24, 2.45) is 5.73 Å². The Kier molecular flexibility index (Phi) is 2.02. The van der Waals surface area contributed by atoms with Crippen LogP contribution in [0.5, 0.6) is 0 Å². The van der Waals surface area contributed by atoms with E-state index in [1.807, 2.05) is 26.0 Å². The summed E-state index contributed by atoms with van der Waals surface area (Å²) in [5.74, 6) is 0. The first-order valence-corrected chi connectivity index (χ1v) is 3.36. The Labute approximate surface area is 61.1 Å². The van der Waals surface area contributed by atoms with Crippen LogP contribution in [-0.2, 0) is 6.54 Å². The summed E-state index contributed by atoms with van der Waals surface area (Å²) in [7, 11) is 0. The van der Waals surface area contributed by atoms with E-state index in [1.165, 1.54) is 5.56 Å². The lowest BCUT2D eigenvalue weighted by atomic mass is 10.2. The molecule has 0 aromatic carbocycles. The third kappa shape index (κ3) is 1.54. The molecule has 2 N–H and O–H groups in total. The molecule has 1 rings (SSSR count). The van der Waals surface area contributed by atoms with Gasteiger partial charge in [-0.05, 0) is 31.5 Å². The van der Waals surface area contributed by atoms with Crippen molar-refractivity contribution in [1.82, 2.24) is 4.98 Å². The Hall–Kier alpha value is -0.890. The Morgan fingerprint density at radius 1 is 1.40 bits per heavy atom. The molecule has 0 unspecified atom stereocenters. The van der Waals surface area contributed by atoms with Crippen molar-refractivity contribution in [3.8, 4) is 0 Å². The number of aromatic nitrogens is 1. The molecule has 0 radical (unpaired) electrons. The molecule has 0 saturated heterocycles.